The number of aliphatic hydroxyl groups excluding tert-OH is 4. The van der Waals surface area contributed by atoms with Crippen LogP contribution in [0.25, 0.3) is 22.3 Å². The monoisotopic (exact) mass is 974 g/mol. The molecule has 16 nitrogen and oxygen atoms in total. The molecule has 21 heteroatoms. The Morgan fingerprint density at radius 2 is 0.806 bits per heavy atom. The molecule has 0 radical (unpaired) electrons. The van der Waals surface area contributed by atoms with E-state index in [-0.39, 0.29) is 32.3 Å². The number of halogens is 4. The third kappa shape index (κ3) is 15.6. The van der Waals surface area contributed by atoms with Crippen molar-refractivity contribution in [2.24, 2.45) is 14.1 Å². The minimum Gasteiger partial charge on any atom is -0.550 e. The first-order valence-electron chi connectivity index (χ1n) is 19.9. The summed E-state index contributed by atoms with van der Waals surface area (Å²) in [6.45, 7) is 0. The molecule has 0 saturated carbocycles. The van der Waals surface area contributed by atoms with Gasteiger partial charge in [-0.1, -0.05) is 72.8 Å². The third-order valence-electron chi connectivity index (χ3n) is 9.59. The predicted octanol–water partition coefficient (Wildman–Crippen LogP) is 2.51. The maximum atomic E-state index is 13.6. The number of carbonyl (C=O) groups is 2. The number of nitrogens with zero attached hydrogens (tertiary/aromatic N) is 8. The normalized spacial score (nSPS) is 12.9. The second-order valence-electron chi connectivity index (χ2n) is 14.6. The van der Waals surface area contributed by atoms with Crippen molar-refractivity contribution in [3.05, 3.63) is 179 Å². The Bertz CT molecular complexity index is 2410. The molecule has 4 aromatic carbocycles. The zero-order chi connectivity index (χ0) is 47.9. The molecule has 344 valence electrons. The molecule has 4 N–H and O–H groups in total. The average molecular weight is 976 g/mol. The first kappa shape index (κ1) is 52.7. The number of carbonyl (C=O) groups excluding carboxylic acids is 2. The molecule has 0 spiro atoms. The number of aliphatic carboxylic acids is 2. The van der Waals surface area contributed by atoms with Crippen molar-refractivity contribution < 1.29 is 77.3 Å². The van der Waals surface area contributed by atoms with Gasteiger partial charge in [-0.3, -0.25) is 0 Å². The van der Waals surface area contributed by atoms with E-state index in [0.717, 1.165) is 0 Å². The van der Waals surface area contributed by atoms with Crippen LogP contribution in [0.15, 0.2) is 121 Å². The number of aromatic nitrogens is 8. The Morgan fingerprint density at radius 1 is 0.537 bits per heavy atom. The van der Waals surface area contributed by atoms with Crippen molar-refractivity contribution in [2.45, 2.75) is 50.1 Å². The topological polar surface area (TPSA) is 248 Å². The molecular weight excluding hydrogens is 934 g/mol. The number of allylic oxidation sites excluding steroid dienone is 4. The predicted molar refractivity (Wildman–Crippen MR) is 226 cm³/mol. The molecule has 0 aliphatic carbocycles. The van der Waals surface area contributed by atoms with Gasteiger partial charge in [0.25, 0.3) is 0 Å². The Morgan fingerprint density at radius 3 is 1.03 bits per heavy atom. The number of rotatable bonds is 18. The van der Waals surface area contributed by atoms with E-state index >= 15 is 0 Å². The Labute approximate surface area is 393 Å². The molecule has 2 aromatic heterocycles. The number of carboxylic acids is 2. The number of hydrogen-bond acceptors (Lipinski definition) is 14. The summed E-state index contributed by atoms with van der Waals surface area (Å²) in [4.78, 5) is 21.3. The van der Waals surface area contributed by atoms with Crippen LogP contribution in [0.2, 0.25) is 0 Å². The van der Waals surface area contributed by atoms with Crippen molar-refractivity contribution in [1.82, 2.24) is 40.4 Å². The van der Waals surface area contributed by atoms with E-state index < -0.39 is 72.5 Å². The molecule has 0 fully saturated rings. The minimum absolute atomic E-state index is 0. The largest absolute Gasteiger partial charge is 2.00 e. The van der Waals surface area contributed by atoms with Crippen molar-refractivity contribution in [1.29, 1.82) is 0 Å². The van der Waals surface area contributed by atoms with Gasteiger partial charge in [0.05, 0.1) is 24.4 Å². The van der Waals surface area contributed by atoms with E-state index in [9.17, 15) is 57.8 Å². The fourth-order valence-corrected chi connectivity index (χ4v) is 6.56. The summed E-state index contributed by atoms with van der Waals surface area (Å²) in [7, 11) is 3.21. The molecule has 6 aromatic rings. The SMILES string of the molecule is Cn1nnnc1C(/C=C/[C@H](O)C[C@H](O)CC(=O)[O-])=C(c1ccc(F)cc1)c1ccc(F)cc1.Cn1nnnc1C(/C=C/[C@H](O)C[C@H](O)CC(=O)[O-])=C(c1ccc(F)cc1)c1ccc(F)cc1.[Zn+2]. The molecule has 0 amide bonds. The van der Waals surface area contributed by atoms with Crippen molar-refractivity contribution >= 4 is 34.2 Å². The van der Waals surface area contributed by atoms with E-state index in [2.05, 4.69) is 31.1 Å². The van der Waals surface area contributed by atoms with Gasteiger partial charge >= 0.3 is 19.5 Å². The fourth-order valence-electron chi connectivity index (χ4n) is 6.56. The number of aryl methyl sites for hydroxylation is 2. The van der Waals surface area contributed by atoms with Crippen LogP contribution in [0.4, 0.5) is 17.6 Å². The second-order valence-corrected chi connectivity index (χ2v) is 14.6. The van der Waals surface area contributed by atoms with E-state index in [1.165, 1.54) is 82.2 Å². The average Bonchev–Trinajstić information content (AvgIpc) is 3.89. The Balaban J connectivity index is 0.000000288. The van der Waals surface area contributed by atoms with E-state index in [0.29, 0.717) is 56.2 Å². The molecule has 0 aliphatic rings. The van der Waals surface area contributed by atoms with Gasteiger partial charge in [0.2, 0.25) is 0 Å². The summed E-state index contributed by atoms with van der Waals surface area (Å²) < 4.78 is 57.1. The second kappa shape index (κ2) is 25.1. The Kier molecular flexibility index (Phi) is 19.8. The molecule has 0 saturated heterocycles. The van der Waals surface area contributed by atoms with Crippen LogP contribution in [-0.4, -0.2) is 97.2 Å². The van der Waals surface area contributed by atoms with Crippen LogP contribution < -0.4 is 10.2 Å². The van der Waals surface area contributed by atoms with Gasteiger partial charge < -0.3 is 40.2 Å². The first-order chi connectivity index (χ1) is 31.5. The van der Waals surface area contributed by atoms with Gasteiger partial charge in [0, 0.05) is 62.9 Å². The smallest absolute Gasteiger partial charge is 0.550 e. The maximum Gasteiger partial charge on any atom is 2.00 e. The molecular formula is C46H42F4N8O8Zn. The summed E-state index contributed by atoms with van der Waals surface area (Å²) in [6, 6.07) is 22.6. The molecule has 0 aliphatic heterocycles. The molecule has 6 rings (SSSR count). The van der Waals surface area contributed by atoms with Crippen molar-refractivity contribution in [3.63, 3.8) is 0 Å². The minimum atomic E-state index is -1.43. The van der Waals surface area contributed by atoms with Gasteiger partial charge in [-0.15, -0.1) is 10.2 Å². The fraction of sp³-hybridized carbons (Fsp3) is 0.217. The van der Waals surface area contributed by atoms with Crippen molar-refractivity contribution in [3.8, 4) is 0 Å². The van der Waals surface area contributed by atoms with E-state index in [1.54, 1.807) is 62.6 Å². The summed E-state index contributed by atoms with van der Waals surface area (Å²) in [5.74, 6) is -4.01. The Hall–Kier alpha value is -6.90. The van der Waals surface area contributed by atoms with E-state index in [1.807, 2.05) is 0 Å². The summed E-state index contributed by atoms with van der Waals surface area (Å²) in [5, 5.41) is 84.5. The van der Waals surface area contributed by atoms with Crippen LogP contribution in [0.5, 0.6) is 0 Å². The number of tetrazole rings is 2. The molecule has 0 unspecified atom stereocenters. The quantitative estimate of drug-likeness (QED) is 0.0550. The zero-order valence-corrected chi connectivity index (χ0v) is 38.9. The summed E-state index contributed by atoms with van der Waals surface area (Å²) >= 11 is 0. The maximum absolute atomic E-state index is 13.6. The van der Waals surface area contributed by atoms with Crippen LogP contribution in [-0.2, 0) is 43.2 Å². The van der Waals surface area contributed by atoms with Gasteiger partial charge in [0.1, 0.15) is 23.3 Å². The summed E-state index contributed by atoms with van der Waals surface area (Å²) in [5.41, 5.74) is 4.24. The summed E-state index contributed by atoms with van der Waals surface area (Å²) in [6.07, 6.45) is -0.946. The number of carboxylic acid groups (broad SMARTS) is 2. The first-order valence-corrected chi connectivity index (χ1v) is 19.9. The number of aliphatic hydroxyl groups is 4. The van der Waals surface area contributed by atoms with Gasteiger partial charge in [-0.2, -0.15) is 0 Å². The van der Waals surface area contributed by atoms with Crippen LogP contribution in [0.3, 0.4) is 0 Å². The molecule has 2 heterocycles. The van der Waals surface area contributed by atoms with Crippen molar-refractivity contribution in [2.75, 3.05) is 0 Å². The molecule has 0 bridgehead atoms. The van der Waals surface area contributed by atoms with Gasteiger partial charge in [-0.25, -0.2) is 26.9 Å². The number of hydrogen-bond donors (Lipinski definition) is 4. The van der Waals surface area contributed by atoms with Crippen LogP contribution in [0.1, 0.15) is 59.6 Å². The van der Waals surface area contributed by atoms with Gasteiger partial charge in [-0.05, 0) is 103 Å². The zero-order valence-electron chi connectivity index (χ0n) is 35.9. The standard InChI is InChI=1S/2C23H22F2N4O4.Zn/c2*1-29-23(26-27-28-29)20(11-10-18(30)12-19(31)13-21(32)33)22(14-2-6-16(24)7-3-14)15-4-8-17(25)9-5-15;/h2*2-11,18-19,30-31H,12-13H2,1H3,(H,32,33);/q;;+2/p-2/b2*11-10+;/t2*18-,19-;/m00./s1. The van der Waals surface area contributed by atoms with Crippen LogP contribution in [0, 0.1) is 23.3 Å². The molecule has 67 heavy (non-hydrogen) atoms. The molecule has 4 atom stereocenters. The number of benzene rings is 4. The third-order valence-corrected chi connectivity index (χ3v) is 9.59. The van der Waals surface area contributed by atoms with Gasteiger partial charge in [0.15, 0.2) is 11.6 Å². The van der Waals surface area contributed by atoms with Crippen LogP contribution >= 0.6 is 0 Å². The van der Waals surface area contributed by atoms with E-state index in [4.69, 9.17) is 0 Å².